The van der Waals surface area contributed by atoms with E-state index < -0.39 is 27.7 Å². The number of nitrogens with two attached hydrogens (primary N) is 1. The molecule has 0 spiro atoms. The van der Waals surface area contributed by atoms with Crippen LogP contribution in [0.1, 0.15) is 11.3 Å². The first-order valence-electron chi connectivity index (χ1n) is 9.45. The average Bonchev–Trinajstić information content (AvgIpc) is 3.14. The van der Waals surface area contributed by atoms with Gasteiger partial charge in [-0.15, -0.1) is 0 Å². The number of carbonyl (C=O) groups excluding carboxylic acids is 1. The summed E-state index contributed by atoms with van der Waals surface area (Å²) in [5.41, 5.74) is 5.69. The Kier molecular flexibility index (Phi) is 5.12. The van der Waals surface area contributed by atoms with Crippen LogP contribution in [-0.2, 0) is 21.0 Å². The summed E-state index contributed by atoms with van der Waals surface area (Å²) < 4.78 is 68.2. The van der Waals surface area contributed by atoms with Crippen molar-refractivity contribution < 1.29 is 26.4 Å². The number of nitrogen functional groups attached to an aromatic ring is 1. The third-order valence-electron chi connectivity index (χ3n) is 5.35. The Morgan fingerprint density at radius 3 is 2.56 bits per heavy atom. The second-order valence-corrected chi connectivity index (χ2v) is 9.41. The molecule has 0 unspecified atom stereocenters. The maximum Gasteiger partial charge on any atom is 0.434 e. The Balaban J connectivity index is 1.83. The number of imidazole rings is 1. The van der Waals surface area contributed by atoms with Gasteiger partial charge >= 0.3 is 6.18 Å². The van der Waals surface area contributed by atoms with Gasteiger partial charge in [0.2, 0.25) is 15.9 Å². The van der Waals surface area contributed by atoms with Gasteiger partial charge in [-0.1, -0.05) is 6.07 Å². The van der Waals surface area contributed by atoms with Gasteiger partial charge < -0.3 is 10.6 Å². The molecule has 2 N–H and O–H groups in total. The van der Waals surface area contributed by atoms with Crippen molar-refractivity contribution in [3.8, 4) is 11.3 Å². The minimum Gasteiger partial charge on any atom is -0.381 e. The number of sulfonamides is 1. The molecule has 9 nitrogen and oxygen atoms in total. The van der Waals surface area contributed by atoms with Crippen molar-refractivity contribution in [3.63, 3.8) is 0 Å². The molecule has 1 aliphatic rings. The van der Waals surface area contributed by atoms with Gasteiger partial charge in [0.15, 0.2) is 17.2 Å². The SMILES string of the molecule is Cc1ccc(S(=O)(=O)N2CCN(C)C(=O)C2)cc1-c1cnc2c(N)nc(C(F)(F)F)cn12. The molecule has 1 fully saturated rings. The van der Waals surface area contributed by atoms with E-state index in [1.54, 1.807) is 20.0 Å². The van der Waals surface area contributed by atoms with Crippen molar-refractivity contribution in [2.75, 3.05) is 32.4 Å². The van der Waals surface area contributed by atoms with Crippen LogP contribution in [-0.4, -0.2) is 64.6 Å². The van der Waals surface area contributed by atoms with E-state index in [4.69, 9.17) is 5.73 Å². The highest BCUT2D eigenvalue weighted by Crippen LogP contribution is 2.33. The van der Waals surface area contributed by atoms with E-state index in [1.807, 2.05) is 0 Å². The maximum absolute atomic E-state index is 13.2. The van der Waals surface area contributed by atoms with Crippen molar-refractivity contribution in [2.24, 2.45) is 0 Å². The monoisotopic (exact) mass is 468 g/mol. The van der Waals surface area contributed by atoms with Gasteiger partial charge in [-0.05, 0) is 24.6 Å². The van der Waals surface area contributed by atoms with Crippen molar-refractivity contribution in [1.29, 1.82) is 0 Å². The first-order chi connectivity index (χ1) is 14.9. The predicted molar refractivity (Wildman–Crippen MR) is 109 cm³/mol. The summed E-state index contributed by atoms with van der Waals surface area (Å²) in [6.45, 7) is 1.81. The van der Waals surface area contributed by atoms with Crippen molar-refractivity contribution in [1.82, 2.24) is 23.6 Å². The smallest absolute Gasteiger partial charge is 0.381 e. The van der Waals surface area contributed by atoms with Crippen LogP contribution in [0, 0.1) is 6.92 Å². The standard InChI is InChI=1S/C19H19F3N6O3S/c1-11-3-4-12(32(30,31)27-6-5-26(2)16(29)10-27)7-13(11)14-8-24-18-17(23)25-15(9-28(14)18)19(20,21)22/h3-4,7-9H,5-6,10H2,1-2H3,(H2,23,25). The predicted octanol–water partition coefficient (Wildman–Crippen LogP) is 1.77. The molecule has 1 aromatic carbocycles. The van der Waals surface area contributed by atoms with Crippen LogP contribution in [0.15, 0.2) is 35.5 Å². The molecule has 1 amide bonds. The molecule has 170 valence electrons. The second-order valence-electron chi connectivity index (χ2n) is 7.48. The molecular formula is C19H19F3N6O3S. The number of halogens is 3. The van der Waals surface area contributed by atoms with Crippen LogP contribution in [0.2, 0.25) is 0 Å². The van der Waals surface area contributed by atoms with Crippen LogP contribution in [0.3, 0.4) is 0 Å². The van der Waals surface area contributed by atoms with Crippen molar-refractivity contribution in [3.05, 3.63) is 41.9 Å². The lowest BCUT2D eigenvalue weighted by Gasteiger charge is -2.31. The number of hydrogen-bond donors (Lipinski definition) is 1. The van der Waals surface area contributed by atoms with Gasteiger partial charge in [0.05, 0.1) is 23.3 Å². The Morgan fingerprint density at radius 2 is 1.91 bits per heavy atom. The number of rotatable bonds is 3. The molecule has 3 aromatic rings. The molecule has 1 saturated heterocycles. The number of aromatic nitrogens is 3. The first kappa shape index (κ1) is 22.0. The van der Waals surface area contributed by atoms with Crippen molar-refractivity contribution in [2.45, 2.75) is 18.0 Å². The van der Waals surface area contributed by atoms with E-state index in [9.17, 15) is 26.4 Å². The second kappa shape index (κ2) is 7.45. The van der Waals surface area contributed by atoms with E-state index in [0.29, 0.717) is 11.1 Å². The number of piperazine rings is 1. The summed E-state index contributed by atoms with van der Waals surface area (Å²) in [4.78, 5) is 20.8. The number of anilines is 1. The van der Waals surface area contributed by atoms with Crippen LogP contribution in [0.25, 0.3) is 16.9 Å². The van der Waals surface area contributed by atoms with Gasteiger partial charge in [-0.25, -0.2) is 18.4 Å². The summed E-state index contributed by atoms with van der Waals surface area (Å²) in [5, 5.41) is 0. The summed E-state index contributed by atoms with van der Waals surface area (Å²) >= 11 is 0. The molecule has 32 heavy (non-hydrogen) atoms. The summed E-state index contributed by atoms with van der Waals surface area (Å²) in [5.74, 6) is -0.722. The van der Waals surface area contributed by atoms with E-state index >= 15 is 0 Å². The summed E-state index contributed by atoms with van der Waals surface area (Å²) in [7, 11) is -2.41. The van der Waals surface area contributed by atoms with Gasteiger partial charge in [-0.3, -0.25) is 9.20 Å². The fraction of sp³-hybridized carbons (Fsp3) is 0.316. The summed E-state index contributed by atoms with van der Waals surface area (Å²) in [6, 6.07) is 4.31. The number of likely N-dealkylation sites (N-methyl/N-ethyl adjacent to an activating group) is 1. The summed E-state index contributed by atoms with van der Waals surface area (Å²) in [6.07, 6.45) is -2.64. The molecule has 4 rings (SSSR count). The van der Waals surface area contributed by atoms with Gasteiger partial charge in [0, 0.05) is 31.9 Å². The number of fused-ring (bicyclic) bond motifs is 1. The Labute approximate surface area is 181 Å². The third-order valence-corrected chi connectivity index (χ3v) is 7.19. The number of aryl methyl sites for hydroxylation is 1. The Morgan fingerprint density at radius 1 is 1.19 bits per heavy atom. The van der Waals surface area contributed by atoms with Crippen LogP contribution >= 0.6 is 0 Å². The molecule has 2 aromatic heterocycles. The number of amides is 1. The van der Waals surface area contributed by atoms with E-state index in [2.05, 4.69) is 9.97 Å². The molecule has 3 heterocycles. The lowest BCUT2D eigenvalue weighted by Crippen LogP contribution is -2.50. The number of carbonyl (C=O) groups is 1. The number of alkyl halides is 3. The number of hydrogen-bond acceptors (Lipinski definition) is 6. The zero-order valence-corrected chi connectivity index (χ0v) is 17.9. The van der Waals surface area contributed by atoms with Gasteiger partial charge in [0.1, 0.15) is 0 Å². The lowest BCUT2D eigenvalue weighted by molar-refractivity contribution is -0.141. The molecule has 0 atom stereocenters. The fourth-order valence-electron chi connectivity index (χ4n) is 3.48. The normalized spacial score (nSPS) is 16.2. The van der Waals surface area contributed by atoms with Crippen LogP contribution < -0.4 is 5.73 Å². The zero-order chi connectivity index (χ0) is 23.4. The Hall–Kier alpha value is -3.19. The highest BCUT2D eigenvalue weighted by atomic mass is 32.2. The highest BCUT2D eigenvalue weighted by Gasteiger charge is 2.35. The molecule has 0 saturated carbocycles. The third kappa shape index (κ3) is 3.66. The Bertz CT molecular complexity index is 1340. The van der Waals surface area contributed by atoms with Crippen molar-refractivity contribution >= 4 is 27.4 Å². The van der Waals surface area contributed by atoms with E-state index in [-0.39, 0.29) is 41.8 Å². The number of benzene rings is 1. The molecule has 0 bridgehead atoms. The quantitative estimate of drug-likeness (QED) is 0.627. The number of nitrogens with zero attached hydrogens (tertiary/aromatic N) is 5. The van der Waals surface area contributed by atoms with Gasteiger partial charge in [0.25, 0.3) is 0 Å². The molecule has 0 aliphatic carbocycles. The largest absolute Gasteiger partial charge is 0.434 e. The zero-order valence-electron chi connectivity index (χ0n) is 17.1. The first-order valence-corrected chi connectivity index (χ1v) is 10.9. The minimum atomic E-state index is -4.72. The molecule has 0 radical (unpaired) electrons. The fourth-order valence-corrected chi connectivity index (χ4v) is 4.88. The van der Waals surface area contributed by atoms with Crippen LogP contribution in [0.5, 0.6) is 0 Å². The maximum atomic E-state index is 13.2. The van der Waals surface area contributed by atoms with Gasteiger partial charge in [-0.2, -0.15) is 17.5 Å². The lowest BCUT2D eigenvalue weighted by atomic mass is 10.1. The topological polar surface area (TPSA) is 114 Å². The molecular weight excluding hydrogens is 449 g/mol. The van der Waals surface area contributed by atoms with E-state index in [1.165, 1.54) is 23.2 Å². The molecule has 13 heteroatoms. The highest BCUT2D eigenvalue weighted by molar-refractivity contribution is 7.89. The van der Waals surface area contributed by atoms with E-state index in [0.717, 1.165) is 14.9 Å². The van der Waals surface area contributed by atoms with Crippen LogP contribution in [0.4, 0.5) is 19.0 Å². The average molecular weight is 468 g/mol. The minimum absolute atomic E-state index is 0.0188. The molecule has 1 aliphatic heterocycles.